The zero-order chi connectivity index (χ0) is 8.27. The van der Waals surface area contributed by atoms with Gasteiger partial charge in [0.2, 0.25) is 0 Å². The molecular formula is C8H15N3. The molecule has 1 aromatic heterocycles. The maximum atomic E-state index is 4.23. The minimum atomic E-state index is 0.685. The zero-order valence-electron chi connectivity index (χ0n) is 7.39. The molecule has 1 N–H and O–H groups in total. The molecule has 0 fully saturated rings. The fourth-order valence-electron chi connectivity index (χ4n) is 0.936. The van der Waals surface area contributed by atoms with Crippen molar-refractivity contribution in [2.45, 2.75) is 33.6 Å². The highest BCUT2D eigenvalue weighted by molar-refractivity contribution is 4.88. The lowest BCUT2D eigenvalue weighted by Gasteiger charge is -2.02. The Labute approximate surface area is 67.2 Å². The number of aryl methyl sites for hydroxylation is 1. The lowest BCUT2D eigenvalue weighted by Crippen LogP contribution is -1.99. The summed E-state index contributed by atoms with van der Waals surface area (Å²) >= 11 is 0. The van der Waals surface area contributed by atoms with E-state index >= 15 is 0 Å². The Morgan fingerprint density at radius 3 is 2.73 bits per heavy atom. The molecule has 0 saturated heterocycles. The third-order valence-electron chi connectivity index (χ3n) is 1.87. The first kappa shape index (κ1) is 8.24. The van der Waals surface area contributed by atoms with Gasteiger partial charge in [-0.2, -0.15) is 5.10 Å². The Kier molecular flexibility index (Phi) is 2.63. The zero-order valence-corrected chi connectivity index (χ0v) is 7.39. The quantitative estimate of drug-likeness (QED) is 0.718. The number of aromatic nitrogens is 3. The monoisotopic (exact) mass is 153 g/mol. The Morgan fingerprint density at radius 1 is 1.55 bits per heavy atom. The fourth-order valence-corrected chi connectivity index (χ4v) is 0.936. The summed E-state index contributed by atoms with van der Waals surface area (Å²) in [6, 6.07) is 0. The van der Waals surface area contributed by atoms with Gasteiger partial charge in [-0.25, -0.2) is 4.98 Å². The van der Waals surface area contributed by atoms with E-state index in [2.05, 4.69) is 29.0 Å². The average molecular weight is 153 g/mol. The smallest absolute Gasteiger partial charge is 0.150 e. The topological polar surface area (TPSA) is 41.6 Å². The van der Waals surface area contributed by atoms with E-state index in [0.717, 1.165) is 18.1 Å². The summed E-state index contributed by atoms with van der Waals surface area (Å²) in [5.41, 5.74) is 0. The van der Waals surface area contributed by atoms with Crippen molar-refractivity contribution in [3.8, 4) is 0 Å². The van der Waals surface area contributed by atoms with Gasteiger partial charge in [0.05, 0.1) is 0 Å². The van der Waals surface area contributed by atoms with Crippen molar-refractivity contribution in [1.29, 1.82) is 0 Å². The Morgan fingerprint density at radius 2 is 2.27 bits per heavy atom. The largest absolute Gasteiger partial charge is 0.263 e. The number of hydrogen-bond acceptors (Lipinski definition) is 2. The fraction of sp³-hybridized carbons (Fsp3) is 0.750. The van der Waals surface area contributed by atoms with E-state index < -0.39 is 0 Å². The third kappa shape index (κ3) is 2.33. The van der Waals surface area contributed by atoms with E-state index in [0.29, 0.717) is 5.92 Å². The standard InChI is InChI=1S/C8H15N3/c1-4-6(2)5-8-9-7(3)10-11-8/h6H,4-5H2,1-3H3,(H,9,10,11). The van der Waals surface area contributed by atoms with E-state index in [1.165, 1.54) is 6.42 Å². The van der Waals surface area contributed by atoms with Gasteiger partial charge in [0.15, 0.2) is 5.82 Å². The van der Waals surface area contributed by atoms with Crippen molar-refractivity contribution >= 4 is 0 Å². The van der Waals surface area contributed by atoms with Gasteiger partial charge in [0.25, 0.3) is 0 Å². The van der Waals surface area contributed by atoms with E-state index in [1.54, 1.807) is 0 Å². The van der Waals surface area contributed by atoms with Crippen LogP contribution in [0.5, 0.6) is 0 Å². The highest BCUT2D eigenvalue weighted by Gasteiger charge is 2.04. The summed E-state index contributed by atoms with van der Waals surface area (Å²) in [5, 5.41) is 6.90. The summed E-state index contributed by atoms with van der Waals surface area (Å²) in [7, 11) is 0. The number of rotatable bonds is 3. The second-order valence-electron chi connectivity index (χ2n) is 3.05. The van der Waals surface area contributed by atoms with Crippen LogP contribution in [-0.2, 0) is 6.42 Å². The van der Waals surface area contributed by atoms with Gasteiger partial charge in [0.1, 0.15) is 5.82 Å². The molecule has 1 aromatic rings. The number of nitrogens with one attached hydrogen (secondary N) is 1. The van der Waals surface area contributed by atoms with Gasteiger partial charge < -0.3 is 0 Å². The molecule has 0 aliphatic carbocycles. The molecule has 3 heteroatoms. The summed E-state index contributed by atoms with van der Waals surface area (Å²) in [6.07, 6.45) is 2.18. The summed E-state index contributed by atoms with van der Waals surface area (Å²) in [5.74, 6) is 2.53. The van der Waals surface area contributed by atoms with Gasteiger partial charge in [-0.15, -0.1) is 0 Å². The molecule has 0 amide bonds. The molecule has 62 valence electrons. The number of nitrogens with zero attached hydrogens (tertiary/aromatic N) is 2. The van der Waals surface area contributed by atoms with Crippen LogP contribution >= 0.6 is 0 Å². The van der Waals surface area contributed by atoms with Crippen molar-refractivity contribution in [3.63, 3.8) is 0 Å². The summed E-state index contributed by atoms with van der Waals surface area (Å²) < 4.78 is 0. The predicted octanol–water partition coefficient (Wildman–Crippen LogP) is 1.70. The first-order chi connectivity index (χ1) is 5.22. The lowest BCUT2D eigenvalue weighted by molar-refractivity contribution is 0.544. The second-order valence-corrected chi connectivity index (χ2v) is 3.05. The van der Waals surface area contributed by atoms with Gasteiger partial charge in [0, 0.05) is 6.42 Å². The molecular weight excluding hydrogens is 138 g/mol. The third-order valence-corrected chi connectivity index (χ3v) is 1.87. The van der Waals surface area contributed by atoms with Crippen LogP contribution in [-0.4, -0.2) is 15.2 Å². The highest BCUT2D eigenvalue weighted by Crippen LogP contribution is 2.06. The maximum Gasteiger partial charge on any atom is 0.150 e. The van der Waals surface area contributed by atoms with Crippen LogP contribution in [0.4, 0.5) is 0 Å². The minimum Gasteiger partial charge on any atom is -0.263 e. The first-order valence-corrected chi connectivity index (χ1v) is 4.10. The highest BCUT2D eigenvalue weighted by atomic mass is 15.2. The average Bonchev–Trinajstić information content (AvgIpc) is 2.35. The normalized spacial score (nSPS) is 13.4. The molecule has 1 heterocycles. The maximum absolute atomic E-state index is 4.23. The minimum absolute atomic E-state index is 0.685. The lowest BCUT2D eigenvalue weighted by atomic mass is 10.1. The molecule has 0 aromatic carbocycles. The Balaban J connectivity index is 2.50. The van der Waals surface area contributed by atoms with Crippen LogP contribution in [0.1, 0.15) is 31.9 Å². The molecule has 0 radical (unpaired) electrons. The van der Waals surface area contributed by atoms with Crippen molar-refractivity contribution in [2.24, 2.45) is 5.92 Å². The van der Waals surface area contributed by atoms with E-state index in [1.807, 2.05) is 6.92 Å². The number of hydrogen-bond donors (Lipinski definition) is 1. The molecule has 11 heavy (non-hydrogen) atoms. The van der Waals surface area contributed by atoms with Crippen molar-refractivity contribution in [3.05, 3.63) is 11.6 Å². The van der Waals surface area contributed by atoms with E-state index in [-0.39, 0.29) is 0 Å². The van der Waals surface area contributed by atoms with E-state index in [9.17, 15) is 0 Å². The van der Waals surface area contributed by atoms with Crippen molar-refractivity contribution in [1.82, 2.24) is 15.2 Å². The number of aromatic amines is 1. The molecule has 0 aliphatic rings. The van der Waals surface area contributed by atoms with Gasteiger partial charge in [-0.05, 0) is 12.8 Å². The molecule has 0 aliphatic heterocycles. The summed E-state index contributed by atoms with van der Waals surface area (Å²) in [6.45, 7) is 6.32. The molecule has 0 spiro atoms. The number of H-pyrrole nitrogens is 1. The molecule has 1 unspecified atom stereocenters. The van der Waals surface area contributed by atoms with Gasteiger partial charge in [-0.3, -0.25) is 5.10 Å². The van der Waals surface area contributed by atoms with Crippen LogP contribution in [0.3, 0.4) is 0 Å². The van der Waals surface area contributed by atoms with Crippen molar-refractivity contribution in [2.75, 3.05) is 0 Å². The van der Waals surface area contributed by atoms with Gasteiger partial charge in [-0.1, -0.05) is 20.3 Å². The van der Waals surface area contributed by atoms with Crippen molar-refractivity contribution < 1.29 is 0 Å². The van der Waals surface area contributed by atoms with Crippen LogP contribution in [0.25, 0.3) is 0 Å². The summed E-state index contributed by atoms with van der Waals surface area (Å²) in [4.78, 5) is 4.23. The van der Waals surface area contributed by atoms with Crippen LogP contribution in [0, 0.1) is 12.8 Å². The van der Waals surface area contributed by atoms with Gasteiger partial charge >= 0.3 is 0 Å². The molecule has 3 nitrogen and oxygen atoms in total. The molecule has 0 saturated carbocycles. The molecule has 0 bridgehead atoms. The predicted molar refractivity (Wildman–Crippen MR) is 44.3 cm³/mol. The van der Waals surface area contributed by atoms with E-state index in [4.69, 9.17) is 0 Å². The van der Waals surface area contributed by atoms with Crippen LogP contribution < -0.4 is 0 Å². The SMILES string of the molecule is CCC(C)Cc1n[nH]c(C)n1. The second kappa shape index (κ2) is 3.51. The molecule has 1 atom stereocenters. The molecule has 1 rings (SSSR count). The van der Waals surface area contributed by atoms with Crippen LogP contribution in [0.15, 0.2) is 0 Å². The Bertz CT molecular complexity index is 217. The Hall–Kier alpha value is -0.860. The first-order valence-electron chi connectivity index (χ1n) is 4.10. The van der Waals surface area contributed by atoms with Crippen LogP contribution in [0.2, 0.25) is 0 Å².